The summed E-state index contributed by atoms with van der Waals surface area (Å²) in [5.41, 5.74) is 18.1. The molecule has 0 spiro atoms. The molecule has 0 atom stereocenters. The highest BCUT2D eigenvalue weighted by molar-refractivity contribution is 6.23. The van der Waals surface area contributed by atoms with Gasteiger partial charge in [0.05, 0.1) is 22.9 Å². The summed E-state index contributed by atoms with van der Waals surface area (Å²) >= 11 is 0. The number of aromatic nitrogens is 2. The topological polar surface area (TPSA) is 38.9 Å². The Bertz CT molecular complexity index is 3430. The average Bonchev–Trinajstić information content (AvgIpc) is 3.77. The number of benzene rings is 9. The molecule has 1 aliphatic carbocycles. The minimum absolute atomic E-state index is 0.138. The Balaban J connectivity index is 0.824. The van der Waals surface area contributed by atoms with Crippen molar-refractivity contribution in [1.29, 1.82) is 0 Å². The maximum atomic E-state index is 6.11. The lowest BCUT2D eigenvalue weighted by molar-refractivity contribution is 0.661. The summed E-state index contributed by atoms with van der Waals surface area (Å²) < 4.78 is 6.11. The molecule has 0 fully saturated rings. The number of furan rings is 1. The van der Waals surface area contributed by atoms with Crippen molar-refractivity contribution in [1.82, 2.24) is 9.97 Å². The standard InChI is InChI=1S/C55H36N2O/c1-55(2)48-30-38(23-26-42(48)43-27-24-39(31-49(43)55)37-25-28-52-47(29-37)44-11-7-8-14-51(44)58-52)35-17-15-33(16-18-35)34-19-21-36(22-20-34)50-32-56-53-45-12-5-3-9-40(45)41-10-4-6-13-46(41)54(53)57-50/h3-32H,1-2H3. The number of hydrogen-bond acceptors (Lipinski definition) is 3. The fourth-order valence-electron chi connectivity index (χ4n) is 9.45. The van der Waals surface area contributed by atoms with Crippen LogP contribution in [0.3, 0.4) is 0 Å². The molecular formula is C55H36N2O. The number of fused-ring (bicyclic) bond motifs is 12. The summed E-state index contributed by atoms with van der Waals surface area (Å²) in [6.45, 7) is 4.72. The van der Waals surface area contributed by atoms with Gasteiger partial charge in [0.2, 0.25) is 0 Å². The SMILES string of the molecule is CC1(C)c2cc(-c3ccc(-c4ccc(-c5cnc6c7ccccc7c7ccccc7c6n5)cc4)cc3)ccc2-c2ccc(-c3ccc4oc5ccccc5c4c3)cc21. The lowest BCUT2D eigenvalue weighted by Gasteiger charge is -2.22. The van der Waals surface area contributed by atoms with Crippen molar-refractivity contribution in [3.05, 3.63) is 193 Å². The highest BCUT2D eigenvalue weighted by atomic mass is 16.3. The van der Waals surface area contributed by atoms with E-state index in [0.29, 0.717) is 0 Å². The van der Waals surface area contributed by atoms with Crippen LogP contribution in [0.1, 0.15) is 25.0 Å². The molecule has 0 radical (unpaired) electrons. The Morgan fingerprint density at radius 2 is 0.828 bits per heavy atom. The van der Waals surface area contributed by atoms with Crippen LogP contribution >= 0.6 is 0 Å². The molecule has 0 unspecified atom stereocenters. The molecule has 0 bridgehead atoms. The van der Waals surface area contributed by atoms with Crippen molar-refractivity contribution in [3.63, 3.8) is 0 Å². The molecule has 2 aromatic heterocycles. The fraction of sp³-hybridized carbons (Fsp3) is 0.0545. The maximum Gasteiger partial charge on any atom is 0.135 e. The first kappa shape index (κ1) is 32.8. The molecule has 3 heteroatoms. The van der Waals surface area contributed by atoms with Gasteiger partial charge in [-0.3, -0.25) is 4.98 Å². The predicted molar refractivity (Wildman–Crippen MR) is 241 cm³/mol. The van der Waals surface area contributed by atoms with Gasteiger partial charge in [-0.15, -0.1) is 0 Å². The van der Waals surface area contributed by atoms with Gasteiger partial charge in [-0.1, -0.05) is 159 Å². The van der Waals surface area contributed by atoms with E-state index in [1.807, 2.05) is 18.3 Å². The van der Waals surface area contributed by atoms with E-state index in [2.05, 4.69) is 178 Å². The third-order valence-electron chi connectivity index (χ3n) is 12.5. The lowest BCUT2D eigenvalue weighted by Crippen LogP contribution is -2.15. The molecule has 3 nitrogen and oxygen atoms in total. The van der Waals surface area contributed by atoms with Crippen molar-refractivity contribution in [2.24, 2.45) is 0 Å². The number of nitrogens with zero attached hydrogens (tertiary/aromatic N) is 2. The molecule has 58 heavy (non-hydrogen) atoms. The molecule has 1 aliphatic rings. The van der Waals surface area contributed by atoms with Crippen LogP contribution in [-0.4, -0.2) is 9.97 Å². The predicted octanol–water partition coefficient (Wildman–Crippen LogP) is 14.8. The van der Waals surface area contributed by atoms with Crippen LogP contribution in [0.15, 0.2) is 187 Å². The molecule has 9 aromatic carbocycles. The van der Waals surface area contributed by atoms with Gasteiger partial charge >= 0.3 is 0 Å². The minimum atomic E-state index is -0.138. The van der Waals surface area contributed by atoms with E-state index in [-0.39, 0.29) is 5.41 Å². The van der Waals surface area contributed by atoms with Gasteiger partial charge in [0.25, 0.3) is 0 Å². The van der Waals surface area contributed by atoms with E-state index in [1.54, 1.807) is 0 Å². The van der Waals surface area contributed by atoms with Gasteiger partial charge < -0.3 is 4.42 Å². The highest BCUT2D eigenvalue weighted by Gasteiger charge is 2.36. The molecule has 0 N–H and O–H groups in total. The zero-order chi connectivity index (χ0) is 38.5. The summed E-state index contributed by atoms with van der Waals surface area (Å²) in [4.78, 5) is 10.2. The van der Waals surface area contributed by atoms with Crippen molar-refractivity contribution in [2.45, 2.75) is 19.3 Å². The van der Waals surface area contributed by atoms with Gasteiger partial charge in [0.1, 0.15) is 11.2 Å². The normalized spacial score (nSPS) is 13.1. The van der Waals surface area contributed by atoms with E-state index in [9.17, 15) is 0 Å². The second kappa shape index (κ2) is 12.3. The molecule has 0 saturated heterocycles. The summed E-state index contributed by atoms with van der Waals surface area (Å²) in [7, 11) is 0. The maximum absolute atomic E-state index is 6.11. The van der Waals surface area contributed by atoms with Gasteiger partial charge in [-0.25, -0.2) is 4.98 Å². The monoisotopic (exact) mass is 740 g/mol. The van der Waals surface area contributed by atoms with Gasteiger partial charge in [0.15, 0.2) is 0 Å². The fourth-order valence-corrected chi connectivity index (χ4v) is 9.45. The van der Waals surface area contributed by atoms with Crippen molar-refractivity contribution in [2.75, 3.05) is 0 Å². The van der Waals surface area contributed by atoms with Crippen molar-refractivity contribution in [3.8, 4) is 55.8 Å². The quantitative estimate of drug-likeness (QED) is 0.169. The van der Waals surface area contributed by atoms with Crippen LogP contribution in [0.2, 0.25) is 0 Å². The van der Waals surface area contributed by atoms with Crippen molar-refractivity contribution < 1.29 is 4.42 Å². The van der Waals surface area contributed by atoms with Crippen LogP contribution in [0.25, 0.3) is 110 Å². The first-order valence-electron chi connectivity index (χ1n) is 20.0. The number of rotatable bonds is 4. The average molecular weight is 741 g/mol. The zero-order valence-corrected chi connectivity index (χ0v) is 32.1. The summed E-state index contributed by atoms with van der Waals surface area (Å²) in [5.74, 6) is 0. The van der Waals surface area contributed by atoms with E-state index in [0.717, 1.165) is 55.0 Å². The molecule has 0 saturated carbocycles. The first-order chi connectivity index (χ1) is 28.5. The van der Waals surface area contributed by atoms with Crippen LogP contribution in [0.4, 0.5) is 0 Å². The van der Waals surface area contributed by atoms with E-state index in [1.165, 1.54) is 66.4 Å². The van der Waals surface area contributed by atoms with Gasteiger partial charge in [-0.05, 0) is 96.7 Å². The Hall–Kier alpha value is -7.36. The van der Waals surface area contributed by atoms with E-state index < -0.39 is 0 Å². The zero-order valence-electron chi connectivity index (χ0n) is 32.1. The summed E-state index contributed by atoms with van der Waals surface area (Å²) in [5, 5.41) is 6.97. The van der Waals surface area contributed by atoms with Crippen LogP contribution in [0.5, 0.6) is 0 Å². The molecular weight excluding hydrogens is 705 g/mol. The summed E-state index contributed by atoms with van der Waals surface area (Å²) in [6.07, 6.45) is 1.91. The van der Waals surface area contributed by atoms with Gasteiger partial charge in [0, 0.05) is 32.5 Å². The Morgan fingerprint density at radius 1 is 0.379 bits per heavy atom. The second-order valence-corrected chi connectivity index (χ2v) is 16.2. The largest absolute Gasteiger partial charge is 0.456 e. The highest BCUT2D eigenvalue weighted by Crippen LogP contribution is 2.51. The molecule has 11 aromatic rings. The molecule has 0 aliphatic heterocycles. The Morgan fingerprint density at radius 3 is 1.47 bits per heavy atom. The molecule has 12 rings (SSSR count). The lowest BCUT2D eigenvalue weighted by atomic mass is 9.80. The molecule has 0 amide bonds. The summed E-state index contributed by atoms with van der Waals surface area (Å²) in [6, 6.07) is 63.4. The van der Waals surface area contributed by atoms with E-state index in [4.69, 9.17) is 14.4 Å². The first-order valence-corrected chi connectivity index (χ1v) is 20.0. The smallest absolute Gasteiger partial charge is 0.135 e. The third-order valence-corrected chi connectivity index (χ3v) is 12.5. The number of hydrogen-bond donors (Lipinski definition) is 0. The number of para-hydroxylation sites is 1. The van der Waals surface area contributed by atoms with Crippen molar-refractivity contribution >= 4 is 54.5 Å². The Kier molecular flexibility index (Phi) is 6.98. The molecule has 272 valence electrons. The van der Waals surface area contributed by atoms with Gasteiger partial charge in [-0.2, -0.15) is 0 Å². The van der Waals surface area contributed by atoms with Crippen LogP contribution in [-0.2, 0) is 5.41 Å². The Labute approximate surface area is 335 Å². The van der Waals surface area contributed by atoms with Crippen LogP contribution < -0.4 is 0 Å². The molecule has 2 heterocycles. The van der Waals surface area contributed by atoms with E-state index >= 15 is 0 Å². The third kappa shape index (κ3) is 4.93. The minimum Gasteiger partial charge on any atom is -0.456 e. The van der Waals surface area contributed by atoms with Crippen LogP contribution in [0, 0.1) is 0 Å². The second-order valence-electron chi connectivity index (χ2n) is 16.2.